The number of benzene rings is 1. The Bertz CT molecular complexity index is 921. The SMILES string of the molecule is Cc1nc(COc2cccc(C(=O)Nc3nc(C(F)(F)F)cs3)c2)cs1. The van der Waals surface area contributed by atoms with Crippen LogP contribution in [0.15, 0.2) is 35.0 Å². The number of aryl methyl sites for hydroxylation is 1. The fraction of sp³-hybridized carbons (Fsp3) is 0.188. The molecule has 136 valence electrons. The standard InChI is InChI=1S/C16H12F3N3O2S2/c1-9-20-11(7-25-9)6-24-12-4-2-3-10(5-12)14(23)22-15-21-13(8-26-15)16(17,18)19/h2-5,7-8H,6H2,1H3,(H,21,22,23). The van der Waals surface area contributed by atoms with E-state index in [0.717, 1.165) is 16.1 Å². The van der Waals surface area contributed by atoms with Gasteiger partial charge < -0.3 is 4.74 Å². The maximum Gasteiger partial charge on any atom is 0.434 e. The first-order chi connectivity index (χ1) is 12.3. The summed E-state index contributed by atoms with van der Waals surface area (Å²) in [5, 5.41) is 5.90. The zero-order chi connectivity index (χ0) is 18.7. The molecule has 1 aromatic carbocycles. The van der Waals surface area contributed by atoms with Gasteiger partial charge in [0.1, 0.15) is 12.4 Å². The van der Waals surface area contributed by atoms with Crippen molar-refractivity contribution in [2.45, 2.75) is 19.7 Å². The summed E-state index contributed by atoms with van der Waals surface area (Å²) < 4.78 is 43.3. The second-order valence-electron chi connectivity index (χ2n) is 5.16. The molecule has 0 aliphatic rings. The summed E-state index contributed by atoms with van der Waals surface area (Å²) in [6.45, 7) is 2.15. The van der Waals surface area contributed by atoms with Crippen LogP contribution in [0.4, 0.5) is 18.3 Å². The summed E-state index contributed by atoms with van der Waals surface area (Å²) in [5.74, 6) is -0.110. The van der Waals surface area contributed by atoms with Crippen molar-refractivity contribution in [3.05, 3.63) is 57.0 Å². The van der Waals surface area contributed by atoms with Crippen LogP contribution >= 0.6 is 22.7 Å². The third-order valence-electron chi connectivity index (χ3n) is 3.16. The predicted molar refractivity (Wildman–Crippen MR) is 92.7 cm³/mol. The van der Waals surface area contributed by atoms with Crippen LogP contribution in [0.2, 0.25) is 0 Å². The summed E-state index contributed by atoms with van der Waals surface area (Å²) in [6, 6.07) is 6.35. The van der Waals surface area contributed by atoms with E-state index in [0.29, 0.717) is 17.1 Å². The lowest BCUT2D eigenvalue weighted by atomic mass is 10.2. The summed E-state index contributed by atoms with van der Waals surface area (Å²) in [6.07, 6.45) is -4.54. The molecule has 1 N–H and O–H groups in total. The molecular weight excluding hydrogens is 387 g/mol. The number of nitrogens with zero attached hydrogens (tertiary/aromatic N) is 2. The molecule has 0 radical (unpaired) electrons. The van der Waals surface area contributed by atoms with Crippen LogP contribution in [0.3, 0.4) is 0 Å². The Labute approximate surface area is 154 Å². The van der Waals surface area contributed by atoms with Crippen molar-refractivity contribution in [3.63, 3.8) is 0 Å². The lowest BCUT2D eigenvalue weighted by molar-refractivity contribution is -0.140. The number of aromatic nitrogens is 2. The molecule has 0 saturated carbocycles. The average molecular weight is 399 g/mol. The van der Waals surface area contributed by atoms with Crippen LogP contribution in [-0.2, 0) is 12.8 Å². The minimum absolute atomic E-state index is 0.119. The van der Waals surface area contributed by atoms with E-state index in [2.05, 4.69) is 15.3 Å². The molecule has 0 spiro atoms. The van der Waals surface area contributed by atoms with Crippen molar-refractivity contribution in [2.75, 3.05) is 5.32 Å². The number of nitrogens with one attached hydrogen (secondary N) is 1. The number of thiazole rings is 2. The Balaban J connectivity index is 1.65. The van der Waals surface area contributed by atoms with Gasteiger partial charge in [0.05, 0.1) is 10.7 Å². The Hall–Kier alpha value is -2.46. The normalized spacial score (nSPS) is 11.4. The third kappa shape index (κ3) is 4.58. The summed E-state index contributed by atoms with van der Waals surface area (Å²) in [4.78, 5) is 19.9. The Morgan fingerprint density at radius 2 is 2.04 bits per heavy atom. The van der Waals surface area contributed by atoms with E-state index in [1.54, 1.807) is 12.1 Å². The number of carbonyl (C=O) groups is 1. The number of halogens is 3. The first-order valence-electron chi connectivity index (χ1n) is 7.29. The van der Waals surface area contributed by atoms with E-state index in [-0.39, 0.29) is 17.3 Å². The maximum absolute atomic E-state index is 12.6. The van der Waals surface area contributed by atoms with Gasteiger partial charge in [-0.15, -0.1) is 22.7 Å². The highest BCUT2D eigenvalue weighted by molar-refractivity contribution is 7.14. The second kappa shape index (κ2) is 7.42. The highest BCUT2D eigenvalue weighted by Crippen LogP contribution is 2.31. The molecule has 5 nitrogen and oxygen atoms in total. The zero-order valence-corrected chi connectivity index (χ0v) is 15.0. The van der Waals surface area contributed by atoms with Gasteiger partial charge in [-0.3, -0.25) is 10.1 Å². The van der Waals surface area contributed by atoms with E-state index >= 15 is 0 Å². The van der Waals surface area contributed by atoms with Gasteiger partial charge in [0.25, 0.3) is 5.91 Å². The molecule has 0 bridgehead atoms. The predicted octanol–water partition coefficient (Wildman–Crippen LogP) is 4.76. The number of alkyl halides is 3. The van der Waals surface area contributed by atoms with Crippen LogP contribution in [0, 0.1) is 6.92 Å². The highest BCUT2D eigenvalue weighted by Gasteiger charge is 2.33. The molecule has 0 saturated heterocycles. The molecule has 0 unspecified atom stereocenters. The molecule has 2 aromatic heterocycles. The molecule has 0 aliphatic heterocycles. The van der Waals surface area contributed by atoms with E-state index in [1.165, 1.54) is 23.5 Å². The van der Waals surface area contributed by atoms with E-state index < -0.39 is 17.8 Å². The van der Waals surface area contributed by atoms with Gasteiger partial charge in [0.2, 0.25) is 0 Å². The van der Waals surface area contributed by atoms with Gasteiger partial charge in [-0.25, -0.2) is 9.97 Å². The molecular formula is C16H12F3N3O2S2. The van der Waals surface area contributed by atoms with Crippen molar-refractivity contribution in [1.29, 1.82) is 0 Å². The largest absolute Gasteiger partial charge is 0.487 e. The second-order valence-corrected chi connectivity index (χ2v) is 7.08. The number of rotatable bonds is 5. The van der Waals surface area contributed by atoms with Crippen molar-refractivity contribution < 1.29 is 22.7 Å². The Morgan fingerprint density at radius 3 is 2.69 bits per heavy atom. The quantitative estimate of drug-likeness (QED) is 0.672. The number of amides is 1. The molecule has 2 heterocycles. The molecule has 0 fully saturated rings. The van der Waals surface area contributed by atoms with Crippen LogP contribution in [0.1, 0.15) is 26.8 Å². The smallest absolute Gasteiger partial charge is 0.434 e. The Morgan fingerprint density at radius 1 is 1.23 bits per heavy atom. The number of carbonyl (C=O) groups excluding carboxylic acids is 1. The van der Waals surface area contributed by atoms with Crippen molar-refractivity contribution in [3.8, 4) is 5.75 Å². The average Bonchev–Trinajstić information content (AvgIpc) is 3.22. The van der Waals surface area contributed by atoms with E-state index in [4.69, 9.17) is 4.74 Å². The van der Waals surface area contributed by atoms with Crippen LogP contribution in [0.25, 0.3) is 0 Å². The van der Waals surface area contributed by atoms with Crippen LogP contribution in [0.5, 0.6) is 5.75 Å². The van der Waals surface area contributed by atoms with E-state index in [1.807, 2.05) is 12.3 Å². The number of hydrogen-bond donors (Lipinski definition) is 1. The number of anilines is 1. The number of ether oxygens (including phenoxy) is 1. The van der Waals surface area contributed by atoms with Crippen molar-refractivity contribution in [1.82, 2.24) is 9.97 Å². The molecule has 26 heavy (non-hydrogen) atoms. The maximum atomic E-state index is 12.6. The van der Waals surface area contributed by atoms with Crippen LogP contribution in [-0.4, -0.2) is 15.9 Å². The molecule has 1 amide bonds. The first-order valence-corrected chi connectivity index (χ1v) is 9.05. The van der Waals surface area contributed by atoms with Gasteiger partial charge in [-0.1, -0.05) is 6.07 Å². The highest BCUT2D eigenvalue weighted by atomic mass is 32.1. The first kappa shape index (κ1) is 18.3. The summed E-state index contributed by atoms with van der Waals surface area (Å²) in [5.41, 5.74) is -0.000947. The monoisotopic (exact) mass is 399 g/mol. The van der Waals surface area contributed by atoms with Crippen molar-refractivity contribution >= 4 is 33.7 Å². The summed E-state index contributed by atoms with van der Waals surface area (Å²) >= 11 is 2.22. The lowest BCUT2D eigenvalue weighted by Crippen LogP contribution is -2.12. The fourth-order valence-electron chi connectivity index (χ4n) is 1.99. The Kier molecular flexibility index (Phi) is 5.23. The number of hydrogen-bond acceptors (Lipinski definition) is 6. The van der Waals surface area contributed by atoms with E-state index in [9.17, 15) is 18.0 Å². The minimum atomic E-state index is -4.54. The molecule has 3 aromatic rings. The van der Waals surface area contributed by atoms with Gasteiger partial charge >= 0.3 is 6.18 Å². The molecule has 0 atom stereocenters. The lowest BCUT2D eigenvalue weighted by Gasteiger charge is -2.07. The van der Waals surface area contributed by atoms with Crippen molar-refractivity contribution in [2.24, 2.45) is 0 Å². The summed E-state index contributed by atoms with van der Waals surface area (Å²) in [7, 11) is 0. The van der Waals surface area contributed by atoms with Crippen LogP contribution < -0.4 is 10.1 Å². The topological polar surface area (TPSA) is 64.1 Å². The van der Waals surface area contributed by atoms with Gasteiger partial charge in [-0.05, 0) is 25.1 Å². The molecule has 0 aliphatic carbocycles. The minimum Gasteiger partial charge on any atom is -0.487 e. The van der Waals surface area contributed by atoms with Gasteiger partial charge in [0.15, 0.2) is 10.8 Å². The zero-order valence-electron chi connectivity index (χ0n) is 13.3. The third-order valence-corrected chi connectivity index (χ3v) is 4.74. The van der Waals surface area contributed by atoms with Gasteiger partial charge in [-0.2, -0.15) is 13.2 Å². The molecule has 10 heteroatoms. The van der Waals surface area contributed by atoms with Gasteiger partial charge in [0, 0.05) is 16.3 Å². The fourth-order valence-corrected chi connectivity index (χ4v) is 3.30. The molecule has 3 rings (SSSR count).